The van der Waals surface area contributed by atoms with Crippen LogP contribution in [0.5, 0.6) is 0 Å². The molecule has 0 aliphatic rings. The van der Waals surface area contributed by atoms with E-state index in [-0.39, 0.29) is 5.89 Å². The molecule has 0 radical (unpaired) electrons. The van der Waals surface area contributed by atoms with Gasteiger partial charge in [-0.2, -0.15) is 0 Å². The Morgan fingerprint density at radius 3 is 2.83 bits per heavy atom. The van der Waals surface area contributed by atoms with Crippen LogP contribution in [0.1, 0.15) is 29.3 Å². The van der Waals surface area contributed by atoms with Gasteiger partial charge in [0.25, 0.3) is 11.8 Å². The first kappa shape index (κ1) is 15.8. The molecule has 1 aromatic carbocycles. The summed E-state index contributed by atoms with van der Waals surface area (Å²) in [6.07, 6.45) is 1.31. The molecule has 23 heavy (non-hydrogen) atoms. The summed E-state index contributed by atoms with van der Waals surface area (Å²) >= 11 is 3.01. The summed E-state index contributed by atoms with van der Waals surface area (Å²) < 4.78 is 11.0. The van der Waals surface area contributed by atoms with E-state index in [2.05, 4.69) is 10.2 Å². The Labute approximate surface area is 141 Å². The zero-order valence-corrected chi connectivity index (χ0v) is 14.2. The maximum Gasteiger partial charge on any atom is 0.340 e. The largest absolute Gasteiger partial charge is 0.449 e. The molecule has 5 nitrogen and oxygen atoms in total. The Bertz CT molecular complexity index is 799. The molecule has 0 fully saturated rings. The summed E-state index contributed by atoms with van der Waals surface area (Å²) in [5.41, 5.74) is 0.532. The number of carbonyl (C=O) groups is 1. The predicted molar refractivity (Wildman–Crippen MR) is 89.7 cm³/mol. The van der Waals surface area contributed by atoms with Gasteiger partial charge < -0.3 is 9.15 Å². The summed E-state index contributed by atoms with van der Waals surface area (Å²) in [6.45, 7) is 1.71. The smallest absolute Gasteiger partial charge is 0.340 e. The van der Waals surface area contributed by atoms with E-state index in [1.807, 2.05) is 42.0 Å². The SMILES string of the molecule is CSc1ccccc1C(=O)OC(C)c1nnc(-c2cccs2)o1. The maximum absolute atomic E-state index is 12.3. The molecule has 1 atom stereocenters. The number of esters is 1. The van der Waals surface area contributed by atoms with E-state index in [1.54, 1.807) is 13.0 Å². The Kier molecular flexibility index (Phi) is 4.78. The number of hydrogen-bond donors (Lipinski definition) is 0. The molecule has 0 aliphatic heterocycles. The van der Waals surface area contributed by atoms with Crippen molar-refractivity contribution in [2.75, 3.05) is 6.26 Å². The number of ether oxygens (including phenoxy) is 1. The van der Waals surface area contributed by atoms with E-state index in [4.69, 9.17) is 9.15 Å². The topological polar surface area (TPSA) is 65.2 Å². The van der Waals surface area contributed by atoms with Crippen LogP contribution in [0.25, 0.3) is 10.8 Å². The number of nitrogens with zero attached hydrogens (tertiary/aromatic N) is 2. The fourth-order valence-electron chi connectivity index (χ4n) is 1.99. The van der Waals surface area contributed by atoms with Gasteiger partial charge in [0, 0.05) is 4.90 Å². The van der Waals surface area contributed by atoms with Gasteiger partial charge in [-0.15, -0.1) is 33.3 Å². The van der Waals surface area contributed by atoms with Gasteiger partial charge in [0.15, 0.2) is 6.10 Å². The lowest BCUT2D eigenvalue weighted by Gasteiger charge is -2.11. The van der Waals surface area contributed by atoms with Crippen LogP contribution in [-0.4, -0.2) is 22.4 Å². The first-order valence-electron chi connectivity index (χ1n) is 6.90. The minimum atomic E-state index is -0.612. The molecule has 1 unspecified atom stereocenters. The van der Waals surface area contributed by atoms with Gasteiger partial charge in [-0.05, 0) is 36.8 Å². The standard InChI is InChI=1S/C16H14N2O3S2/c1-10(14-17-18-15(21-14)13-8-5-9-23-13)20-16(19)11-6-3-4-7-12(11)22-2/h3-10H,1-2H3. The van der Waals surface area contributed by atoms with Crippen LogP contribution in [-0.2, 0) is 4.74 Å². The van der Waals surface area contributed by atoms with Crippen LogP contribution >= 0.6 is 23.1 Å². The maximum atomic E-state index is 12.3. The van der Waals surface area contributed by atoms with Crippen LogP contribution in [0.3, 0.4) is 0 Å². The van der Waals surface area contributed by atoms with Crippen molar-refractivity contribution in [3.63, 3.8) is 0 Å². The van der Waals surface area contributed by atoms with Gasteiger partial charge in [0.05, 0.1) is 10.4 Å². The highest BCUT2D eigenvalue weighted by Crippen LogP contribution is 2.27. The summed E-state index contributed by atoms with van der Waals surface area (Å²) in [6, 6.07) is 11.1. The van der Waals surface area contributed by atoms with E-state index in [0.717, 1.165) is 9.77 Å². The van der Waals surface area contributed by atoms with E-state index < -0.39 is 12.1 Å². The molecule has 0 saturated heterocycles. The highest BCUT2D eigenvalue weighted by Gasteiger charge is 2.21. The van der Waals surface area contributed by atoms with Gasteiger partial charge in [-0.3, -0.25) is 0 Å². The van der Waals surface area contributed by atoms with Gasteiger partial charge in [0.1, 0.15) is 0 Å². The quantitative estimate of drug-likeness (QED) is 0.503. The van der Waals surface area contributed by atoms with Gasteiger partial charge in [-0.1, -0.05) is 18.2 Å². The molecule has 2 heterocycles. The van der Waals surface area contributed by atoms with Crippen molar-refractivity contribution >= 4 is 29.1 Å². The molecule has 0 amide bonds. The number of hydrogen-bond acceptors (Lipinski definition) is 7. The lowest BCUT2D eigenvalue weighted by Crippen LogP contribution is -2.10. The number of thioether (sulfide) groups is 1. The van der Waals surface area contributed by atoms with Crippen LogP contribution in [0.4, 0.5) is 0 Å². The second-order valence-electron chi connectivity index (χ2n) is 4.67. The third-order valence-corrected chi connectivity index (χ3v) is 4.78. The molecule has 3 aromatic rings. The first-order valence-corrected chi connectivity index (χ1v) is 9.00. The average Bonchev–Trinajstić information content (AvgIpc) is 3.25. The summed E-state index contributed by atoms with van der Waals surface area (Å²) in [7, 11) is 0. The van der Waals surface area contributed by atoms with E-state index >= 15 is 0 Å². The number of carbonyl (C=O) groups excluding carboxylic acids is 1. The molecule has 118 valence electrons. The number of aromatic nitrogens is 2. The molecule has 3 rings (SSSR count). The summed E-state index contributed by atoms with van der Waals surface area (Å²) in [5.74, 6) is 0.309. The monoisotopic (exact) mass is 346 g/mol. The third-order valence-electron chi connectivity index (χ3n) is 3.13. The van der Waals surface area contributed by atoms with Crippen molar-refractivity contribution in [3.05, 3.63) is 53.2 Å². The van der Waals surface area contributed by atoms with Crippen LogP contribution in [0, 0.1) is 0 Å². The zero-order chi connectivity index (χ0) is 16.2. The fraction of sp³-hybridized carbons (Fsp3) is 0.188. The molecule has 0 spiro atoms. The third kappa shape index (κ3) is 3.46. The molecule has 7 heteroatoms. The Balaban J connectivity index is 1.74. The minimum Gasteiger partial charge on any atom is -0.449 e. The molecule has 0 N–H and O–H groups in total. The first-order chi connectivity index (χ1) is 11.2. The molecule has 0 saturated carbocycles. The van der Waals surface area contributed by atoms with Crippen LogP contribution < -0.4 is 0 Å². The summed E-state index contributed by atoms with van der Waals surface area (Å²) in [4.78, 5) is 14.1. The lowest BCUT2D eigenvalue weighted by atomic mass is 10.2. The normalized spacial score (nSPS) is 12.1. The predicted octanol–water partition coefficient (Wildman–Crippen LogP) is 4.44. The molecular formula is C16H14N2O3S2. The Morgan fingerprint density at radius 2 is 2.09 bits per heavy atom. The van der Waals surface area contributed by atoms with Crippen molar-refractivity contribution in [1.29, 1.82) is 0 Å². The van der Waals surface area contributed by atoms with E-state index in [9.17, 15) is 4.79 Å². The van der Waals surface area contributed by atoms with Gasteiger partial charge in [0.2, 0.25) is 0 Å². The number of benzene rings is 1. The fourth-order valence-corrected chi connectivity index (χ4v) is 3.22. The molecule has 0 bridgehead atoms. The Hall–Kier alpha value is -2.12. The van der Waals surface area contributed by atoms with Crippen LogP contribution in [0.15, 0.2) is 51.1 Å². The zero-order valence-electron chi connectivity index (χ0n) is 12.6. The highest BCUT2D eigenvalue weighted by molar-refractivity contribution is 7.98. The van der Waals surface area contributed by atoms with Crippen LogP contribution in [0.2, 0.25) is 0 Å². The van der Waals surface area contributed by atoms with Crippen molar-refractivity contribution in [2.45, 2.75) is 17.9 Å². The number of thiophene rings is 1. The molecule has 0 aliphatic carbocycles. The molecular weight excluding hydrogens is 332 g/mol. The molecule has 2 aromatic heterocycles. The second-order valence-corrected chi connectivity index (χ2v) is 6.47. The summed E-state index contributed by atoms with van der Waals surface area (Å²) in [5, 5.41) is 9.89. The van der Waals surface area contributed by atoms with E-state index in [0.29, 0.717) is 11.5 Å². The Morgan fingerprint density at radius 1 is 1.26 bits per heavy atom. The average molecular weight is 346 g/mol. The second kappa shape index (κ2) is 6.97. The van der Waals surface area contributed by atoms with Crippen molar-refractivity contribution < 1.29 is 13.9 Å². The minimum absolute atomic E-state index is 0.281. The van der Waals surface area contributed by atoms with Gasteiger partial charge >= 0.3 is 5.97 Å². The lowest BCUT2D eigenvalue weighted by molar-refractivity contribution is 0.0276. The van der Waals surface area contributed by atoms with Crippen molar-refractivity contribution in [3.8, 4) is 10.8 Å². The van der Waals surface area contributed by atoms with Crippen molar-refractivity contribution in [2.24, 2.45) is 0 Å². The van der Waals surface area contributed by atoms with Gasteiger partial charge in [-0.25, -0.2) is 4.79 Å². The van der Waals surface area contributed by atoms with E-state index in [1.165, 1.54) is 23.1 Å². The highest BCUT2D eigenvalue weighted by atomic mass is 32.2. The number of rotatable bonds is 5. The van der Waals surface area contributed by atoms with Crippen molar-refractivity contribution in [1.82, 2.24) is 10.2 Å².